The van der Waals surface area contributed by atoms with Crippen molar-refractivity contribution in [2.45, 2.75) is 19.3 Å². The van der Waals surface area contributed by atoms with Crippen LogP contribution in [-0.4, -0.2) is 16.1 Å². The van der Waals surface area contributed by atoms with Crippen LogP contribution >= 0.6 is 27.3 Å². The van der Waals surface area contributed by atoms with Crippen molar-refractivity contribution >= 4 is 44.1 Å². The Morgan fingerprint density at radius 1 is 1.50 bits per heavy atom. The Kier molecular flexibility index (Phi) is 4.10. The summed E-state index contributed by atoms with van der Waals surface area (Å²) in [6, 6.07) is 4.53. The summed E-state index contributed by atoms with van der Waals surface area (Å²) >= 11 is 4.50. The van der Waals surface area contributed by atoms with Crippen molar-refractivity contribution in [2.75, 3.05) is 5.32 Å². The molecule has 0 aliphatic rings. The third-order valence-corrected chi connectivity index (χ3v) is 4.10. The molecule has 2 rings (SSSR count). The molecule has 7 heteroatoms. The SMILES string of the molecule is CC(C)(C(=O)O)c1csc(Nc2cc(Br)ccc2F)n1. The minimum absolute atomic E-state index is 0.286. The lowest BCUT2D eigenvalue weighted by molar-refractivity contribution is -0.142. The topological polar surface area (TPSA) is 62.2 Å². The van der Waals surface area contributed by atoms with Gasteiger partial charge in [-0.05, 0) is 32.0 Å². The number of anilines is 2. The van der Waals surface area contributed by atoms with Gasteiger partial charge in [0.15, 0.2) is 5.13 Å². The molecule has 0 amide bonds. The molecule has 4 nitrogen and oxygen atoms in total. The number of carboxylic acid groups (broad SMARTS) is 1. The predicted octanol–water partition coefficient (Wildman–Crippen LogP) is 4.15. The first-order valence-corrected chi connectivity index (χ1v) is 7.39. The Labute approximate surface area is 127 Å². The molecule has 0 radical (unpaired) electrons. The van der Waals surface area contributed by atoms with E-state index in [2.05, 4.69) is 26.2 Å². The molecule has 0 atom stereocenters. The number of hydrogen-bond acceptors (Lipinski definition) is 4. The van der Waals surface area contributed by atoms with E-state index in [-0.39, 0.29) is 5.69 Å². The summed E-state index contributed by atoms with van der Waals surface area (Å²) in [4.78, 5) is 15.4. The van der Waals surface area contributed by atoms with E-state index < -0.39 is 17.2 Å². The second-order valence-corrected chi connectivity index (χ2v) is 6.49. The number of rotatable bonds is 4. The molecule has 0 unspecified atom stereocenters. The predicted molar refractivity (Wildman–Crippen MR) is 80.2 cm³/mol. The van der Waals surface area contributed by atoms with E-state index in [0.29, 0.717) is 10.8 Å². The lowest BCUT2D eigenvalue weighted by Gasteiger charge is -2.15. The Hall–Kier alpha value is -1.47. The van der Waals surface area contributed by atoms with Gasteiger partial charge in [-0.3, -0.25) is 4.79 Å². The highest BCUT2D eigenvalue weighted by Crippen LogP contribution is 2.30. The van der Waals surface area contributed by atoms with Gasteiger partial charge < -0.3 is 10.4 Å². The van der Waals surface area contributed by atoms with Crippen LogP contribution in [-0.2, 0) is 10.2 Å². The first-order chi connectivity index (χ1) is 9.30. The zero-order valence-corrected chi connectivity index (χ0v) is 13.2. The summed E-state index contributed by atoms with van der Waals surface area (Å²) in [6.45, 7) is 3.15. The molecule has 0 aliphatic heterocycles. The van der Waals surface area contributed by atoms with Gasteiger partial charge in [-0.2, -0.15) is 0 Å². The molecular weight excluding hydrogens is 347 g/mol. The summed E-state index contributed by atoms with van der Waals surface area (Å²) in [6.07, 6.45) is 0. The van der Waals surface area contributed by atoms with Crippen molar-refractivity contribution in [1.29, 1.82) is 0 Å². The largest absolute Gasteiger partial charge is 0.481 e. The maximum atomic E-state index is 13.6. The van der Waals surface area contributed by atoms with Crippen molar-refractivity contribution in [3.05, 3.63) is 39.6 Å². The third kappa shape index (κ3) is 2.99. The van der Waals surface area contributed by atoms with Crippen molar-refractivity contribution < 1.29 is 14.3 Å². The highest BCUT2D eigenvalue weighted by atomic mass is 79.9. The van der Waals surface area contributed by atoms with Gasteiger partial charge >= 0.3 is 5.97 Å². The minimum atomic E-state index is -1.08. The fraction of sp³-hybridized carbons (Fsp3) is 0.231. The maximum absolute atomic E-state index is 13.6. The average molecular weight is 359 g/mol. The van der Waals surface area contributed by atoms with Crippen LogP contribution < -0.4 is 5.32 Å². The molecule has 0 saturated heterocycles. The van der Waals surface area contributed by atoms with E-state index in [4.69, 9.17) is 5.11 Å². The normalized spacial score (nSPS) is 11.4. The fourth-order valence-corrected chi connectivity index (χ4v) is 2.69. The van der Waals surface area contributed by atoms with Crippen molar-refractivity contribution in [3.8, 4) is 0 Å². The molecule has 20 heavy (non-hydrogen) atoms. The zero-order chi connectivity index (χ0) is 14.9. The van der Waals surface area contributed by atoms with Crippen LogP contribution in [0.15, 0.2) is 28.1 Å². The van der Waals surface area contributed by atoms with Crippen molar-refractivity contribution in [3.63, 3.8) is 0 Å². The minimum Gasteiger partial charge on any atom is -0.481 e. The van der Waals surface area contributed by atoms with Crippen molar-refractivity contribution in [2.24, 2.45) is 0 Å². The monoisotopic (exact) mass is 358 g/mol. The molecule has 0 saturated carbocycles. The van der Waals surface area contributed by atoms with Gasteiger partial charge in [0.25, 0.3) is 0 Å². The second-order valence-electron chi connectivity index (χ2n) is 4.72. The van der Waals surface area contributed by atoms with Gasteiger partial charge in [0.1, 0.15) is 11.2 Å². The van der Waals surface area contributed by atoms with Gasteiger partial charge in [-0.1, -0.05) is 15.9 Å². The molecule has 1 heterocycles. The van der Waals surface area contributed by atoms with Gasteiger partial charge in [-0.15, -0.1) is 11.3 Å². The maximum Gasteiger partial charge on any atom is 0.315 e. The highest BCUT2D eigenvalue weighted by molar-refractivity contribution is 9.10. The number of aliphatic carboxylic acids is 1. The molecule has 0 fully saturated rings. The van der Waals surface area contributed by atoms with Crippen molar-refractivity contribution in [1.82, 2.24) is 4.98 Å². The molecule has 0 spiro atoms. The van der Waals surface area contributed by atoms with Crippen LogP contribution in [0.25, 0.3) is 0 Å². The van der Waals surface area contributed by atoms with E-state index in [1.54, 1.807) is 31.4 Å². The lowest BCUT2D eigenvalue weighted by atomic mass is 9.90. The number of carbonyl (C=O) groups is 1. The number of carboxylic acids is 1. The molecule has 1 aromatic carbocycles. The number of halogens is 2. The number of aromatic nitrogens is 1. The van der Waals surface area contributed by atoms with Crippen LogP contribution in [0, 0.1) is 5.82 Å². The molecule has 1 aromatic heterocycles. The summed E-state index contributed by atoms with van der Waals surface area (Å²) in [5.41, 5.74) is -0.354. The van der Waals surface area contributed by atoms with Crippen LogP contribution in [0.3, 0.4) is 0 Å². The van der Waals surface area contributed by atoms with Crippen LogP contribution in [0.4, 0.5) is 15.2 Å². The van der Waals surface area contributed by atoms with E-state index in [0.717, 1.165) is 4.47 Å². The van der Waals surface area contributed by atoms with Crippen LogP contribution in [0.1, 0.15) is 19.5 Å². The fourth-order valence-electron chi connectivity index (χ4n) is 1.44. The summed E-state index contributed by atoms with van der Waals surface area (Å²) in [7, 11) is 0. The van der Waals surface area contributed by atoms with E-state index >= 15 is 0 Å². The number of nitrogens with one attached hydrogen (secondary N) is 1. The Bertz CT molecular complexity index is 658. The molecule has 0 aliphatic carbocycles. The Morgan fingerprint density at radius 3 is 2.85 bits per heavy atom. The quantitative estimate of drug-likeness (QED) is 0.861. The van der Waals surface area contributed by atoms with Crippen LogP contribution in [0.5, 0.6) is 0 Å². The molecule has 2 N–H and O–H groups in total. The Balaban J connectivity index is 2.26. The Morgan fingerprint density at radius 2 is 2.20 bits per heavy atom. The molecular formula is C13H12BrFN2O2S. The average Bonchev–Trinajstić information content (AvgIpc) is 2.83. The van der Waals surface area contributed by atoms with E-state index in [9.17, 15) is 9.18 Å². The molecule has 2 aromatic rings. The summed E-state index contributed by atoms with van der Waals surface area (Å²) in [5, 5.41) is 14.1. The number of hydrogen-bond donors (Lipinski definition) is 2. The molecule has 106 valence electrons. The number of thiazole rings is 1. The van der Waals surface area contributed by atoms with E-state index in [1.807, 2.05) is 0 Å². The van der Waals surface area contributed by atoms with Gasteiger partial charge in [-0.25, -0.2) is 9.37 Å². The van der Waals surface area contributed by atoms with Gasteiger partial charge in [0, 0.05) is 9.85 Å². The van der Waals surface area contributed by atoms with E-state index in [1.165, 1.54) is 17.4 Å². The van der Waals surface area contributed by atoms with Gasteiger partial charge in [0.05, 0.1) is 11.4 Å². The van der Waals surface area contributed by atoms with Gasteiger partial charge in [0.2, 0.25) is 0 Å². The summed E-state index contributed by atoms with van der Waals surface area (Å²) in [5.74, 6) is -1.36. The smallest absolute Gasteiger partial charge is 0.315 e. The third-order valence-electron chi connectivity index (χ3n) is 2.85. The second kappa shape index (κ2) is 5.49. The van der Waals surface area contributed by atoms with Crippen LogP contribution in [0.2, 0.25) is 0 Å². The molecule has 0 bridgehead atoms. The standard InChI is InChI=1S/C13H12BrFN2O2S/c1-13(2,11(18)19)10-6-20-12(17-10)16-9-5-7(14)3-4-8(9)15/h3-6H,1-2H3,(H,16,17)(H,18,19). The number of benzene rings is 1. The number of nitrogens with zero attached hydrogens (tertiary/aromatic N) is 1. The zero-order valence-electron chi connectivity index (χ0n) is 10.8. The first-order valence-electron chi connectivity index (χ1n) is 5.72. The first kappa shape index (κ1) is 14.9. The lowest BCUT2D eigenvalue weighted by Crippen LogP contribution is -2.28. The highest BCUT2D eigenvalue weighted by Gasteiger charge is 2.32. The summed E-state index contributed by atoms with van der Waals surface area (Å²) < 4.78 is 14.4.